The van der Waals surface area contributed by atoms with E-state index >= 15 is 0 Å². The number of anilines is 1. The van der Waals surface area contributed by atoms with Crippen molar-refractivity contribution in [2.24, 2.45) is 0 Å². The molecule has 3 aromatic carbocycles. The molecule has 30 heavy (non-hydrogen) atoms. The SMILES string of the molecule is O=C(Cc1cn(-c2ccccc2)nc1-c1ccc([N+](=O)[O-])cc1)Nc1ccccc1. The fourth-order valence-corrected chi connectivity index (χ4v) is 3.14. The highest BCUT2D eigenvalue weighted by molar-refractivity contribution is 5.93. The van der Waals surface area contributed by atoms with Crippen molar-refractivity contribution in [2.75, 3.05) is 5.32 Å². The number of hydrogen-bond donors (Lipinski definition) is 1. The summed E-state index contributed by atoms with van der Waals surface area (Å²) in [5.74, 6) is -0.169. The van der Waals surface area contributed by atoms with Gasteiger partial charge in [-0.25, -0.2) is 4.68 Å². The molecule has 1 aromatic heterocycles. The van der Waals surface area contributed by atoms with E-state index in [9.17, 15) is 14.9 Å². The van der Waals surface area contributed by atoms with Crippen LogP contribution in [-0.2, 0) is 11.2 Å². The summed E-state index contributed by atoms with van der Waals surface area (Å²) in [6.07, 6.45) is 1.94. The van der Waals surface area contributed by atoms with Gasteiger partial charge in [0.15, 0.2) is 0 Å². The number of aromatic nitrogens is 2. The molecule has 7 nitrogen and oxygen atoms in total. The van der Waals surface area contributed by atoms with E-state index in [1.165, 1.54) is 12.1 Å². The molecule has 7 heteroatoms. The van der Waals surface area contributed by atoms with E-state index in [0.29, 0.717) is 11.3 Å². The second-order valence-electron chi connectivity index (χ2n) is 6.68. The number of nitrogens with one attached hydrogen (secondary N) is 1. The number of nitro benzene ring substituents is 1. The zero-order valence-electron chi connectivity index (χ0n) is 15.9. The summed E-state index contributed by atoms with van der Waals surface area (Å²) in [6.45, 7) is 0. The molecule has 0 spiro atoms. The third-order valence-corrected chi connectivity index (χ3v) is 4.57. The Morgan fingerprint density at radius 3 is 2.20 bits per heavy atom. The van der Waals surface area contributed by atoms with E-state index in [1.54, 1.807) is 16.8 Å². The van der Waals surface area contributed by atoms with Gasteiger partial charge in [-0.05, 0) is 36.4 Å². The standard InChI is InChI=1S/C23H18N4O3/c28-22(24-19-7-3-1-4-8-19)15-18-16-26(20-9-5-2-6-10-20)25-23(18)17-11-13-21(14-12-17)27(29)30/h1-14,16H,15H2,(H,24,28). The number of carbonyl (C=O) groups excluding carboxylic acids is 1. The van der Waals surface area contributed by atoms with E-state index in [0.717, 1.165) is 16.9 Å². The van der Waals surface area contributed by atoms with E-state index in [4.69, 9.17) is 0 Å². The summed E-state index contributed by atoms with van der Waals surface area (Å²) in [7, 11) is 0. The lowest BCUT2D eigenvalue weighted by molar-refractivity contribution is -0.384. The number of nitro groups is 1. The van der Waals surface area contributed by atoms with Crippen LogP contribution in [-0.4, -0.2) is 20.6 Å². The summed E-state index contributed by atoms with van der Waals surface area (Å²) < 4.78 is 1.71. The van der Waals surface area contributed by atoms with Crippen LogP contribution in [0.25, 0.3) is 16.9 Å². The minimum atomic E-state index is -0.444. The molecule has 0 fully saturated rings. The zero-order chi connectivity index (χ0) is 20.9. The van der Waals surface area contributed by atoms with Gasteiger partial charge in [0.2, 0.25) is 5.91 Å². The van der Waals surface area contributed by atoms with Gasteiger partial charge in [0.1, 0.15) is 0 Å². The molecule has 1 heterocycles. The Labute approximate surface area is 172 Å². The van der Waals surface area contributed by atoms with Gasteiger partial charge in [0.05, 0.1) is 22.7 Å². The molecule has 148 valence electrons. The van der Waals surface area contributed by atoms with Crippen LogP contribution in [0.4, 0.5) is 11.4 Å². The lowest BCUT2D eigenvalue weighted by Crippen LogP contribution is -2.14. The van der Waals surface area contributed by atoms with Crippen LogP contribution in [0.1, 0.15) is 5.56 Å². The molecular weight excluding hydrogens is 380 g/mol. The molecule has 0 saturated carbocycles. The van der Waals surface area contributed by atoms with Crippen molar-refractivity contribution in [3.05, 3.63) is 107 Å². The van der Waals surface area contributed by atoms with Crippen molar-refractivity contribution in [3.63, 3.8) is 0 Å². The number of hydrogen-bond acceptors (Lipinski definition) is 4. The first-order valence-electron chi connectivity index (χ1n) is 9.34. The molecule has 4 aromatic rings. The van der Waals surface area contributed by atoms with Crippen LogP contribution in [0.3, 0.4) is 0 Å². The summed E-state index contributed by atoms with van der Waals surface area (Å²) >= 11 is 0. The molecule has 4 rings (SSSR count). The van der Waals surface area contributed by atoms with E-state index in [1.807, 2.05) is 66.9 Å². The van der Waals surface area contributed by atoms with Crippen molar-refractivity contribution in [1.82, 2.24) is 9.78 Å². The zero-order valence-corrected chi connectivity index (χ0v) is 15.9. The number of benzene rings is 3. The summed E-state index contributed by atoms with van der Waals surface area (Å²) in [5, 5.41) is 18.5. The fraction of sp³-hybridized carbons (Fsp3) is 0.0435. The minimum absolute atomic E-state index is 0.00427. The Morgan fingerprint density at radius 2 is 1.57 bits per heavy atom. The molecular formula is C23H18N4O3. The lowest BCUT2D eigenvalue weighted by atomic mass is 10.1. The first-order valence-corrected chi connectivity index (χ1v) is 9.34. The van der Waals surface area contributed by atoms with Crippen molar-refractivity contribution in [2.45, 2.75) is 6.42 Å². The monoisotopic (exact) mass is 398 g/mol. The molecule has 0 aliphatic rings. The average molecular weight is 398 g/mol. The molecule has 1 amide bonds. The smallest absolute Gasteiger partial charge is 0.269 e. The first kappa shape index (κ1) is 19.1. The highest BCUT2D eigenvalue weighted by atomic mass is 16.6. The van der Waals surface area contributed by atoms with Gasteiger partial charge in [0, 0.05) is 35.1 Å². The molecule has 0 atom stereocenters. The maximum atomic E-state index is 12.6. The molecule has 0 radical (unpaired) electrons. The highest BCUT2D eigenvalue weighted by Crippen LogP contribution is 2.26. The normalized spacial score (nSPS) is 10.5. The second kappa shape index (κ2) is 8.40. The third kappa shape index (κ3) is 4.25. The van der Waals surface area contributed by atoms with Crippen molar-refractivity contribution in [3.8, 4) is 16.9 Å². The van der Waals surface area contributed by atoms with Crippen LogP contribution in [0.2, 0.25) is 0 Å². The number of nitrogens with zero attached hydrogens (tertiary/aromatic N) is 3. The molecule has 0 unspecified atom stereocenters. The average Bonchev–Trinajstić information content (AvgIpc) is 3.18. The van der Waals surface area contributed by atoms with Crippen molar-refractivity contribution >= 4 is 17.3 Å². The van der Waals surface area contributed by atoms with Gasteiger partial charge in [-0.2, -0.15) is 5.10 Å². The van der Waals surface area contributed by atoms with Gasteiger partial charge in [-0.15, -0.1) is 0 Å². The van der Waals surface area contributed by atoms with Gasteiger partial charge in [-0.1, -0.05) is 36.4 Å². The Morgan fingerprint density at radius 1 is 0.933 bits per heavy atom. The fourth-order valence-electron chi connectivity index (χ4n) is 3.14. The second-order valence-corrected chi connectivity index (χ2v) is 6.68. The van der Waals surface area contributed by atoms with Gasteiger partial charge < -0.3 is 5.32 Å². The Bertz CT molecular complexity index is 1170. The summed E-state index contributed by atoms with van der Waals surface area (Å²) in [4.78, 5) is 23.1. The number of carbonyl (C=O) groups is 1. The maximum absolute atomic E-state index is 12.6. The van der Waals surface area contributed by atoms with Crippen LogP contribution < -0.4 is 5.32 Å². The number of amides is 1. The van der Waals surface area contributed by atoms with Gasteiger partial charge in [-0.3, -0.25) is 14.9 Å². The van der Waals surface area contributed by atoms with E-state index < -0.39 is 4.92 Å². The van der Waals surface area contributed by atoms with Crippen molar-refractivity contribution < 1.29 is 9.72 Å². The number of rotatable bonds is 6. The van der Waals surface area contributed by atoms with Gasteiger partial charge in [0.25, 0.3) is 5.69 Å². The molecule has 1 N–H and O–H groups in total. The van der Waals surface area contributed by atoms with E-state index in [-0.39, 0.29) is 18.0 Å². The third-order valence-electron chi connectivity index (χ3n) is 4.57. The molecule has 0 aliphatic carbocycles. The topological polar surface area (TPSA) is 90.1 Å². The van der Waals surface area contributed by atoms with E-state index in [2.05, 4.69) is 10.4 Å². The summed E-state index contributed by atoms with van der Waals surface area (Å²) in [6, 6.07) is 25.0. The Hall–Kier alpha value is -4.26. The maximum Gasteiger partial charge on any atom is 0.269 e. The molecule has 0 saturated heterocycles. The van der Waals surface area contributed by atoms with Crippen LogP contribution in [0.15, 0.2) is 91.1 Å². The first-order chi connectivity index (χ1) is 14.6. The lowest BCUT2D eigenvalue weighted by Gasteiger charge is -2.05. The minimum Gasteiger partial charge on any atom is -0.326 e. The van der Waals surface area contributed by atoms with Crippen LogP contribution >= 0.6 is 0 Å². The number of para-hydroxylation sites is 2. The summed E-state index contributed by atoms with van der Waals surface area (Å²) in [5.41, 5.74) is 3.62. The predicted octanol–water partition coefficient (Wildman–Crippen LogP) is 4.63. The van der Waals surface area contributed by atoms with Gasteiger partial charge >= 0.3 is 0 Å². The largest absolute Gasteiger partial charge is 0.326 e. The Kier molecular flexibility index (Phi) is 5.34. The van der Waals surface area contributed by atoms with Crippen molar-refractivity contribution in [1.29, 1.82) is 0 Å². The highest BCUT2D eigenvalue weighted by Gasteiger charge is 2.16. The Balaban J connectivity index is 1.67. The van der Waals surface area contributed by atoms with Crippen LogP contribution in [0.5, 0.6) is 0 Å². The molecule has 0 aliphatic heterocycles. The quantitative estimate of drug-likeness (QED) is 0.379. The predicted molar refractivity (Wildman–Crippen MR) is 114 cm³/mol. The number of non-ortho nitro benzene ring substituents is 1. The molecule has 0 bridgehead atoms. The van der Waals surface area contributed by atoms with Crippen LogP contribution in [0, 0.1) is 10.1 Å².